The fourth-order valence-electron chi connectivity index (χ4n) is 0.985. The van der Waals surface area contributed by atoms with Crippen molar-refractivity contribution in [3.63, 3.8) is 0 Å². The number of thiocarbonyl (C=S) groups is 1. The Labute approximate surface area is 93.2 Å². The van der Waals surface area contributed by atoms with E-state index in [9.17, 15) is 4.79 Å². The van der Waals surface area contributed by atoms with Crippen LogP contribution in [0.3, 0.4) is 0 Å². The third-order valence-electron chi connectivity index (χ3n) is 1.76. The Kier molecular flexibility index (Phi) is 4.05. The second-order valence-corrected chi connectivity index (χ2v) is 3.39. The maximum absolute atomic E-state index is 10.4. The van der Waals surface area contributed by atoms with Crippen molar-refractivity contribution in [1.82, 2.24) is 0 Å². The number of ether oxygens (including phenoxy) is 1. The minimum Gasteiger partial charge on any atom is -0.493 e. The lowest BCUT2D eigenvalue weighted by Gasteiger charge is -2.05. The fraction of sp³-hybridized carbons (Fsp3) is 0.200. The Bertz CT molecular complexity index is 362. The maximum Gasteiger partial charge on any atom is 0.220 e. The van der Waals surface area contributed by atoms with Gasteiger partial charge in [0.2, 0.25) is 5.91 Å². The molecule has 80 valence electrons. The van der Waals surface area contributed by atoms with E-state index >= 15 is 0 Å². The molecule has 5 heteroatoms. The van der Waals surface area contributed by atoms with E-state index in [2.05, 4.69) is 0 Å². The van der Waals surface area contributed by atoms with Crippen LogP contribution < -0.4 is 16.2 Å². The van der Waals surface area contributed by atoms with Gasteiger partial charge in [0.05, 0.1) is 13.0 Å². The molecular formula is C10H12N2O2S. The van der Waals surface area contributed by atoms with E-state index in [0.29, 0.717) is 10.7 Å². The molecule has 0 bridgehead atoms. The average molecular weight is 224 g/mol. The van der Waals surface area contributed by atoms with Crippen LogP contribution in [0.25, 0.3) is 0 Å². The van der Waals surface area contributed by atoms with Crippen molar-refractivity contribution in [1.29, 1.82) is 0 Å². The summed E-state index contributed by atoms with van der Waals surface area (Å²) in [6, 6.07) is 7.02. The molecule has 0 atom stereocenters. The van der Waals surface area contributed by atoms with Gasteiger partial charge in [0.15, 0.2) is 0 Å². The Balaban J connectivity index is 2.50. The van der Waals surface area contributed by atoms with Crippen molar-refractivity contribution in [2.45, 2.75) is 6.42 Å². The number of amides is 1. The van der Waals surface area contributed by atoms with Crippen molar-refractivity contribution >= 4 is 23.1 Å². The zero-order chi connectivity index (χ0) is 11.3. The summed E-state index contributed by atoms with van der Waals surface area (Å²) in [5, 5.41) is 0. The van der Waals surface area contributed by atoms with Crippen LogP contribution in [0.5, 0.6) is 5.75 Å². The predicted molar refractivity (Wildman–Crippen MR) is 61.6 cm³/mol. The quantitative estimate of drug-likeness (QED) is 0.717. The first kappa shape index (κ1) is 11.5. The van der Waals surface area contributed by atoms with E-state index in [0.717, 1.165) is 5.56 Å². The first-order valence-electron chi connectivity index (χ1n) is 4.40. The summed E-state index contributed by atoms with van der Waals surface area (Å²) < 4.78 is 5.27. The number of carbonyl (C=O) groups excluding carboxylic acids is 1. The number of hydrogen-bond donors (Lipinski definition) is 2. The highest BCUT2D eigenvalue weighted by Crippen LogP contribution is 2.12. The third-order valence-corrected chi connectivity index (χ3v) is 1.99. The highest BCUT2D eigenvalue weighted by Gasteiger charge is 1.98. The SMILES string of the molecule is NC(=O)CCOc1ccc(C(N)=S)cc1. The molecule has 0 aliphatic rings. The van der Waals surface area contributed by atoms with Crippen LogP contribution in [-0.2, 0) is 4.79 Å². The zero-order valence-electron chi connectivity index (χ0n) is 8.10. The summed E-state index contributed by atoms with van der Waals surface area (Å²) in [5.41, 5.74) is 11.2. The summed E-state index contributed by atoms with van der Waals surface area (Å²) in [7, 11) is 0. The van der Waals surface area contributed by atoms with Crippen molar-refractivity contribution in [3.8, 4) is 5.75 Å². The molecule has 0 radical (unpaired) electrons. The number of nitrogens with two attached hydrogens (primary N) is 2. The Morgan fingerprint density at radius 2 is 1.87 bits per heavy atom. The van der Waals surface area contributed by atoms with Gasteiger partial charge in [-0.2, -0.15) is 0 Å². The molecule has 1 amide bonds. The minimum absolute atomic E-state index is 0.205. The zero-order valence-corrected chi connectivity index (χ0v) is 8.92. The summed E-state index contributed by atoms with van der Waals surface area (Å²) in [5.74, 6) is 0.283. The molecule has 0 heterocycles. The summed E-state index contributed by atoms with van der Waals surface area (Å²) >= 11 is 4.80. The normalized spacial score (nSPS) is 9.60. The smallest absolute Gasteiger partial charge is 0.220 e. The molecule has 0 aliphatic carbocycles. The van der Waals surface area contributed by atoms with Crippen LogP contribution in [0.4, 0.5) is 0 Å². The van der Waals surface area contributed by atoms with Gasteiger partial charge < -0.3 is 16.2 Å². The first-order valence-corrected chi connectivity index (χ1v) is 4.81. The van der Waals surface area contributed by atoms with Gasteiger partial charge in [0.1, 0.15) is 10.7 Å². The second-order valence-electron chi connectivity index (χ2n) is 2.95. The summed E-state index contributed by atoms with van der Waals surface area (Å²) in [4.78, 5) is 10.8. The van der Waals surface area contributed by atoms with Gasteiger partial charge in [-0.25, -0.2) is 0 Å². The van der Waals surface area contributed by atoms with Crippen LogP contribution in [0.15, 0.2) is 24.3 Å². The number of hydrogen-bond acceptors (Lipinski definition) is 3. The Hall–Kier alpha value is -1.62. The van der Waals surface area contributed by atoms with Crippen molar-refractivity contribution < 1.29 is 9.53 Å². The molecule has 0 saturated heterocycles. The molecular weight excluding hydrogens is 212 g/mol. The van der Waals surface area contributed by atoms with Crippen LogP contribution in [0, 0.1) is 0 Å². The van der Waals surface area contributed by atoms with E-state index in [1.54, 1.807) is 24.3 Å². The van der Waals surface area contributed by atoms with E-state index in [1.807, 2.05) is 0 Å². The number of carbonyl (C=O) groups is 1. The molecule has 15 heavy (non-hydrogen) atoms. The van der Waals surface area contributed by atoms with Crippen LogP contribution in [0.1, 0.15) is 12.0 Å². The molecule has 0 aromatic heterocycles. The van der Waals surface area contributed by atoms with E-state index < -0.39 is 0 Å². The molecule has 0 unspecified atom stereocenters. The first-order chi connectivity index (χ1) is 7.09. The number of primary amides is 1. The molecule has 1 aromatic carbocycles. The fourth-order valence-corrected chi connectivity index (χ4v) is 1.12. The monoisotopic (exact) mass is 224 g/mol. The third kappa shape index (κ3) is 3.95. The topological polar surface area (TPSA) is 78.3 Å². The van der Waals surface area contributed by atoms with Crippen molar-refractivity contribution in [2.24, 2.45) is 11.5 Å². The average Bonchev–Trinajstić information content (AvgIpc) is 2.18. The van der Waals surface area contributed by atoms with Crippen LogP contribution >= 0.6 is 12.2 Å². The number of rotatable bonds is 5. The van der Waals surface area contributed by atoms with Gasteiger partial charge in [0, 0.05) is 5.56 Å². The molecule has 0 fully saturated rings. The highest BCUT2D eigenvalue weighted by molar-refractivity contribution is 7.80. The maximum atomic E-state index is 10.4. The Morgan fingerprint density at radius 1 is 1.27 bits per heavy atom. The molecule has 4 nitrogen and oxygen atoms in total. The second kappa shape index (κ2) is 5.31. The standard InChI is InChI=1S/C10H12N2O2S/c11-9(13)5-6-14-8-3-1-7(2-4-8)10(12)15/h1-4H,5-6H2,(H2,11,13)(H2,12,15). The van der Waals surface area contributed by atoms with Gasteiger partial charge in [-0.05, 0) is 24.3 Å². The molecule has 0 spiro atoms. The van der Waals surface area contributed by atoms with Gasteiger partial charge in [-0.3, -0.25) is 4.79 Å². The van der Waals surface area contributed by atoms with Crippen LogP contribution in [0.2, 0.25) is 0 Å². The van der Waals surface area contributed by atoms with Gasteiger partial charge in [-0.15, -0.1) is 0 Å². The van der Waals surface area contributed by atoms with E-state index in [4.69, 9.17) is 28.4 Å². The minimum atomic E-state index is -0.380. The molecule has 1 aromatic rings. The summed E-state index contributed by atoms with van der Waals surface area (Å²) in [6.07, 6.45) is 0.205. The molecule has 1 rings (SSSR count). The Morgan fingerprint density at radius 3 is 2.33 bits per heavy atom. The van der Waals surface area contributed by atoms with Gasteiger partial charge >= 0.3 is 0 Å². The lowest BCUT2D eigenvalue weighted by molar-refractivity contribution is -0.118. The summed E-state index contributed by atoms with van der Waals surface area (Å²) in [6.45, 7) is 0.280. The predicted octanol–water partition coefficient (Wildman–Crippen LogP) is 0.575. The highest BCUT2D eigenvalue weighted by atomic mass is 32.1. The van der Waals surface area contributed by atoms with Crippen molar-refractivity contribution in [3.05, 3.63) is 29.8 Å². The lowest BCUT2D eigenvalue weighted by Crippen LogP contribution is -2.14. The lowest BCUT2D eigenvalue weighted by atomic mass is 10.2. The van der Waals surface area contributed by atoms with Crippen molar-refractivity contribution in [2.75, 3.05) is 6.61 Å². The van der Waals surface area contributed by atoms with E-state index in [-0.39, 0.29) is 18.9 Å². The largest absolute Gasteiger partial charge is 0.493 e. The van der Waals surface area contributed by atoms with Crippen LogP contribution in [-0.4, -0.2) is 17.5 Å². The van der Waals surface area contributed by atoms with Gasteiger partial charge in [0.25, 0.3) is 0 Å². The molecule has 4 N–H and O–H groups in total. The molecule has 0 saturated carbocycles. The van der Waals surface area contributed by atoms with Gasteiger partial charge in [-0.1, -0.05) is 12.2 Å². The number of benzene rings is 1. The molecule has 0 aliphatic heterocycles. The van der Waals surface area contributed by atoms with E-state index in [1.165, 1.54) is 0 Å².